The Morgan fingerprint density at radius 1 is 1.24 bits per heavy atom. The third kappa shape index (κ3) is 2.53. The minimum atomic E-state index is -4.59. The summed E-state index contributed by atoms with van der Waals surface area (Å²) >= 11 is 0. The van der Waals surface area contributed by atoms with Gasteiger partial charge in [-0.3, -0.25) is 0 Å². The molecule has 1 fully saturated rings. The molecule has 0 bridgehead atoms. The minimum Gasteiger partial charge on any atom is -0.362 e. The van der Waals surface area contributed by atoms with Gasteiger partial charge >= 0.3 is 6.18 Å². The first-order valence-electron chi connectivity index (χ1n) is 6.71. The van der Waals surface area contributed by atoms with Gasteiger partial charge in [-0.25, -0.2) is 0 Å². The highest BCUT2D eigenvalue weighted by Gasteiger charge is 2.38. The van der Waals surface area contributed by atoms with Crippen molar-refractivity contribution in [2.45, 2.75) is 37.4 Å². The molecule has 114 valence electrons. The van der Waals surface area contributed by atoms with Crippen molar-refractivity contribution in [3.05, 3.63) is 18.0 Å². The molecule has 9 heteroatoms. The second-order valence-electron chi connectivity index (χ2n) is 5.33. The third-order valence-electron chi connectivity index (χ3n) is 3.86. The van der Waals surface area contributed by atoms with Gasteiger partial charge in [0.25, 0.3) is 5.82 Å². The monoisotopic (exact) mass is 300 g/mol. The summed E-state index contributed by atoms with van der Waals surface area (Å²) in [6, 6.07) is 3.05. The van der Waals surface area contributed by atoms with E-state index in [0.29, 0.717) is 16.9 Å². The van der Waals surface area contributed by atoms with Crippen LogP contribution in [0.15, 0.2) is 12.1 Å². The van der Waals surface area contributed by atoms with Gasteiger partial charge in [-0.15, -0.1) is 15.3 Å². The van der Waals surface area contributed by atoms with Crippen LogP contribution in [0, 0.1) is 0 Å². The van der Waals surface area contributed by atoms with Crippen LogP contribution in [0.3, 0.4) is 0 Å². The highest BCUT2D eigenvalue weighted by atomic mass is 19.4. The molecule has 0 spiro atoms. The summed E-state index contributed by atoms with van der Waals surface area (Å²) in [5.41, 5.74) is 5.58. The van der Waals surface area contributed by atoms with Crippen LogP contribution in [0.1, 0.15) is 31.5 Å². The fourth-order valence-corrected chi connectivity index (χ4v) is 2.74. The number of hydrogen-bond donors (Lipinski definition) is 2. The fourth-order valence-electron chi connectivity index (χ4n) is 2.74. The second kappa shape index (κ2) is 4.83. The van der Waals surface area contributed by atoms with E-state index >= 15 is 0 Å². The SMILES string of the molecule is NCC1(Nc2ccc3nnc(C(F)(F)F)n3n2)CCCC1. The van der Waals surface area contributed by atoms with Crippen LogP contribution in [0.5, 0.6) is 0 Å². The highest BCUT2D eigenvalue weighted by molar-refractivity contribution is 5.46. The van der Waals surface area contributed by atoms with E-state index < -0.39 is 12.0 Å². The van der Waals surface area contributed by atoms with Gasteiger partial charge in [0.1, 0.15) is 5.82 Å². The molecule has 6 nitrogen and oxygen atoms in total. The van der Waals surface area contributed by atoms with Crippen LogP contribution < -0.4 is 11.1 Å². The molecule has 21 heavy (non-hydrogen) atoms. The number of aromatic nitrogens is 4. The van der Waals surface area contributed by atoms with Crippen LogP contribution in [0.25, 0.3) is 5.65 Å². The second-order valence-corrected chi connectivity index (χ2v) is 5.33. The molecule has 0 unspecified atom stereocenters. The Balaban J connectivity index is 1.97. The summed E-state index contributed by atoms with van der Waals surface area (Å²) in [5, 5.41) is 13.8. The largest absolute Gasteiger partial charge is 0.453 e. The van der Waals surface area contributed by atoms with Crippen LogP contribution in [-0.2, 0) is 6.18 Å². The van der Waals surface area contributed by atoms with Crippen LogP contribution >= 0.6 is 0 Å². The van der Waals surface area contributed by atoms with Crippen molar-refractivity contribution in [2.75, 3.05) is 11.9 Å². The van der Waals surface area contributed by atoms with Crippen molar-refractivity contribution in [3.8, 4) is 0 Å². The molecule has 3 rings (SSSR count). The Hall–Kier alpha value is -1.90. The van der Waals surface area contributed by atoms with Gasteiger partial charge in [0, 0.05) is 6.54 Å². The van der Waals surface area contributed by atoms with E-state index in [1.807, 2.05) is 0 Å². The predicted octanol–water partition coefficient (Wildman–Crippen LogP) is 1.83. The molecule has 3 N–H and O–H groups in total. The third-order valence-corrected chi connectivity index (χ3v) is 3.86. The summed E-state index contributed by atoms with van der Waals surface area (Å²) in [7, 11) is 0. The average Bonchev–Trinajstić information content (AvgIpc) is 3.04. The van der Waals surface area contributed by atoms with Crippen molar-refractivity contribution in [2.24, 2.45) is 5.73 Å². The van der Waals surface area contributed by atoms with E-state index in [-0.39, 0.29) is 11.2 Å². The van der Waals surface area contributed by atoms with E-state index in [9.17, 15) is 13.2 Å². The van der Waals surface area contributed by atoms with E-state index in [1.165, 1.54) is 6.07 Å². The van der Waals surface area contributed by atoms with E-state index in [4.69, 9.17) is 5.73 Å². The molecule has 0 atom stereocenters. The summed E-state index contributed by atoms with van der Waals surface area (Å²) in [5.74, 6) is -0.783. The predicted molar refractivity (Wildman–Crippen MR) is 69.7 cm³/mol. The van der Waals surface area contributed by atoms with Crippen molar-refractivity contribution in [1.29, 1.82) is 0 Å². The minimum absolute atomic E-state index is 0.0566. The summed E-state index contributed by atoms with van der Waals surface area (Å²) in [4.78, 5) is 0. The van der Waals surface area contributed by atoms with Gasteiger partial charge < -0.3 is 11.1 Å². The van der Waals surface area contributed by atoms with E-state index in [1.54, 1.807) is 6.07 Å². The number of fused-ring (bicyclic) bond motifs is 1. The molecular weight excluding hydrogens is 285 g/mol. The molecule has 0 radical (unpaired) electrons. The number of nitrogens with one attached hydrogen (secondary N) is 1. The molecule has 1 saturated carbocycles. The zero-order valence-electron chi connectivity index (χ0n) is 11.2. The number of halogens is 3. The molecule has 2 heterocycles. The number of nitrogens with zero attached hydrogens (tertiary/aromatic N) is 4. The number of alkyl halides is 3. The molecule has 1 aliphatic carbocycles. The van der Waals surface area contributed by atoms with Crippen molar-refractivity contribution >= 4 is 11.5 Å². The fraction of sp³-hybridized carbons (Fsp3) is 0.583. The van der Waals surface area contributed by atoms with E-state index in [2.05, 4.69) is 20.6 Å². The first kappa shape index (κ1) is 14.1. The zero-order valence-corrected chi connectivity index (χ0v) is 11.2. The molecule has 2 aromatic rings. The molecule has 2 aromatic heterocycles. The Bertz CT molecular complexity index is 644. The molecular formula is C12H15F3N6. The van der Waals surface area contributed by atoms with Gasteiger partial charge in [0.2, 0.25) is 0 Å². The zero-order chi connectivity index (χ0) is 15.1. The topological polar surface area (TPSA) is 81.1 Å². The van der Waals surface area contributed by atoms with Gasteiger partial charge in [-0.05, 0) is 25.0 Å². The lowest BCUT2D eigenvalue weighted by molar-refractivity contribution is -0.146. The maximum atomic E-state index is 12.8. The van der Waals surface area contributed by atoms with E-state index in [0.717, 1.165) is 25.7 Å². The van der Waals surface area contributed by atoms with Crippen LogP contribution in [-0.4, -0.2) is 31.9 Å². The van der Waals surface area contributed by atoms with Crippen molar-refractivity contribution in [1.82, 2.24) is 19.8 Å². The molecule has 0 amide bonds. The standard InChI is InChI=1S/C12H15F3N6/c13-12(14,15)10-19-18-9-4-3-8(20-21(9)10)17-11(7-16)5-1-2-6-11/h3-4H,1-2,5-7,16H2,(H,17,20). The lowest BCUT2D eigenvalue weighted by atomic mass is 9.98. The van der Waals surface area contributed by atoms with Gasteiger partial charge in [-0.1, -0.05) is 12.8 Å². The molecule has 1 aliphatic rings. The molecule has 0 aliphatic heterocycles. The quantitative estimate of drug-likeness (QED) is 0.903. The summed E-state index contributed by atoms with van der Waals surface area (Å²) in [6.45, 7) is 0.418. The average molecular weight is 300 g/mol. The lowest BCUT2D eigenvalue weighted by Crippen LogP contribution is -2.43. The smallest absolute Gasteiger partial charge is 0.362 e. The number of anilines is 1. The Kier molecular flexibility index (Phi) is 3.23. The van der Waals surface area contributed by atoms with Gasteiger partial charge in [0.05, 0.1) is 5.54 Å². The number of nitrogens with two attached hydrogens (primary N) is 1. The van der Waals surface area contributed by atoms with Crippen molar-refractivity contribution in [3.63, 3.8) is 0 Å². The Morgan fingerprint density at radius 2 is 1.95 bits per heavy atom. The molecule has 0 saturated heterocycles. The normalized spacial score (nSPS) is 18.3. The first-order valence-corrected chi connectivity index (χ1v) is 6.71. The van der Waals surface area contributed by atoms with Crippen LogP contribution in [0.4, 0.5) is 19.0 Å². The summed E-state index contributed by atoms with van der Waals surface area (Å²) < 4.78 is 39.2. The summed E-state index contributed by atoms with van der Waals surface area (Å²) in [6.07, 6.45) is -0.723. The van der Waals surface area contributed by atoms with Gasteiger partial charge in [0.15, 0.2) is 5.65 Å². The van der Waals surface area contributed by atoms with Crippen LogP contribution in [0.2, 0.25) is 0 Å². The maximum absolute atomic E-state index is 12.8. The first-order chi connectivity index (χ1) is 9.93. The maximum Gasteiger partial charge on any atom is 0.453 e. The number of hydrogen-bond acceptors (Lipinski definition) is 5. The Labute approximate surface area is 118 Å². The van der Waals surface area contributed by atoms with Gasteiger partial charge in [-0.2, -0.15) is 17.7 Å². The lowest BCUT2D eigenvalue weighted by Gasteiger charge is -2.29. The highest BCUT2D eigenvalue weighted by Crippen LogP contribution is 2.32. The van der Waals surface area contributed by atoms with Crippen molar-refractivity contribution < 1.29 is 13.2 Å². The Morgan fingerprint density at radius 3 is 2.57 bits per heavy atom. The number of rotatable bonds is 3. The molecule has 0 aromatic carbocycles.